The Balaban J connectivity index is 1.46. The first-order valence-corrected chi connectivity index (χ1v) is 10.8. The maximum atomic E-state index is 13.0. The van der Waals surface area contributed by atoms with Gasteiger partial charge in [0.1, 0.15) is 11.5 Å². The summed E-state index contributed by atoms with van der Waals surface area (Å²) in [7, 11) is 0. The second-order valence-electron chi connectivity index (χ2n) is 8.23. The maximum absolute atomic E-state index is 13.0. The van der Waals surface area contributed by atoms with Gasteiger partial charge in [0.15, 0.2) is 12.4 Å². The van der Waals surface area contributed by atoms with Crippen molar-refractivity contribution >= 4 is 11.7 Å². The van der Waals surface area contributed by atoms with Crippen molar-refractivity contribution in [1.82, 2.24) is 4.90 Å². The van der Waals surface area contributed by atoms with Crippen molar-refractivity contribution in [3.63, 3.8) is 0 Å². The normalized spacial score (nSPS) is 20.4. The Kier molecular flexibility index (Phi) is 5.80. The van der Waals surface area contributed by atoms with E-state index < -0.39 is 0 Å². The van der Waals surface area contributed by atoms with Crippen molar-refractivity contribution in [2.75, 3.05) is 19.8 Å². The smallest absolute Gasteiger partial charge is 0.261 e. The van der Waals surface area contributed by atoms with E-state index in [1.54, 1.807) is 0 Å². The second kappa shape index (κ2) is 8.50. The van der Waals surface area contributed by atoms with Crippen LogP contribution in [-0.2, 0) is 4.79 Å². The molecule has 1 amide bonds. The molecule has 1 heterocycles. The maximum Gasteiger partial charge on any atom is 0.261 e. The summed E-state index contributed by atoms with van der Waals surface area (Å²) in [5.74, 6) is 1.65. The quantitative estimate of drug-likeness (QED) is 0.688. The van der Waals surface area contributed by atoms with Crippen LogP contribution in [0.4, 0.5) is 0 Å². The number of benzene rings is 2. The fourth-order valence-corrected chi connectivity index (χ4v) is 4.82. The number of likely N-dealkylation sites (tertiary alicyclic amines) is 1. The molecule has 4 rings (SSSR count). The van der Waals surface area contributed by atoms with Crippen molar-refractivity contribution in [3.05, 3.63) is 58.7 Å². The topological polar surface area (TPSA) is 55.8 Å². The van der Waals surface area contributed by atoms with Gasteiger partial charge in [-0.2, -0.15) is 0 Å². The van der Waals surface area contributed by atoms with Gasteiger partial charge in [-0.3, -0.25) is 9.59 Å². The Labute approximate surface area is 178 Å². The van der Waals surface area contributed by atoms with Crippen LogP contribution in [-0.4, -0.2) is 36.3 Å². The standard InChI is InChI=1S/C25H29NO4/c1-4-29-19-10-8-18(9-11-19)20-6-5-13-26(20)23(28)15-30-22-12-7-16(2)24-17(3)14-21(27)25(22)24/h7-12,17,20H,4-6,13-15H2,1-3H3/t17-,20+/m0/s1. The van der Waals surface area contributed by atoms with Gasteiger partial charge in [0.2, 0.25) is 0 Å². The van der Waals surface area contributed by atoms with E-state index >= 15 is 0 Å². The highest BCUT2D eigenvalue weighted by Crippen LogP contribution is 2.40. The fourth-order valence-electron chi connectivity index (χ4n) is 4.82. The van der Waals surface area contributed by atoms with Gasteiger partial charge in [-0.25, -0.2) is 0 Å². The lowest BCUT2D eigenvalue weighted by molar-refractivity contribution is -0.134. The SMILES string of the molecule is CCOc1ccc([C@H]2CCCN2C(=O)COc2ccc(C)c3c2C(=O)C[C@@H]3C)cc1. The zero-order chi connectivity index (χ0) is 21.3. The van der Waals surface area contributed by atoms with Gasteiger partial charge in [0.05, 0.1) is 18.2 Å². The number of Topliss-reactive ketones (excluding diaryl/α,β-unsaturated/α-hetero) is 1. The van der Waals surface area contributed by atoms with E-state index in [1.807, 2.05) is 55.1 Å². The first-order chi connectivity index (χ1) is 14.5. The van der Waals surface area contributed by atoms with Crippen LogP contribution in [0.25, 0.3) is 0 Å². The molecule has 5 nitrogen and oxygen atoms in total. The van der Waals surface area contributed by atoms with Gasteiger partial charge in [0, 0.05) is 13.0 Å². The van der Waals surface area contributed by atoms with Crippen LogP contribution in [0, 0.1) is 6.92 Å². The van der Waals surface area contributed by atoms with Gasteiger partial charge in [-0.1, -0.05) is 25.1 Å². The largest absolute Gasteiger partial charge is 0.494 e. The number of ether oxygens (including phenoxy) is 2. The Morgan fingerprint density at radius 1 is 1.13 bits per heavy atom. The van der Waals surface area contributed by atoms with Crippen molar-refractivity contribution < 1.29 is 19.1 Å². The molecule has 0 bridgehead atoms. The number of fused-ring (bicyclic) bond motifs is 1. The second-order valence-corrected chi connectivity index (χ2v) is 8.23. The van der Waals surface area contributed by atoms with E-state index in [1.165, 1.54) is 0 Å². The highest BCUT2D eigenvalue weighted by molar-refractivity contribution is 6.04. The third-order valence-electron chi connectivity index (χ3n) is 6.19. The lowest BCUT2D eigenvalue weighted by atomic mass is 9.97. The number of aryl methyl sites for hydroxylation is 1. The highest BCUT2D eigenvalue weighted by atomic mass is 16.5. The number of hydrogen-bond donors (Lipinski definition) is 0. The number of carbonyl (C=O) groups is 2. The summed E-state index contributed by atoms with van der Waals surface area (Å²) in [5, 5.41) is 0. The van der Waals surface area contributed by atoms with Gasteiger partial charge in [-0.05, 0) is 67.5 Å². The monoisotopic (exact) mass is 407 g/mol. The minimum atomic E-state index is -0.0509. The van der Waals surface area contributed by atoms with Crippen molar-refractivity contribution in [3.8, 4) is 11.5 Å². The first kappa shape index (κ1) is 20.5. The summed E-state index contributed by atoms with van der Waals surface area (Å²) in [6, 6.07) is 11.8. The molecule has 1 aliphatic heterocycles. The van der Waals surface area contributed by atoms with E-state index in [2.05, 4.69) is 6.92 Å². The molecule has 0 N–H and O–H groups in total. The predicted octanol–water partition coefficient (Wildman–Crippen LogP) is 4.83. The number of nitrogens with zero attached hydrogens (tertiary/aromatic N) is 1. The van der Waals surface area contributed by atoms with Gasteiger partial charge in [-0.15, -0.1) is 0 Å². The molecule has 5 heteroatoms. The zero-order valence-electron chi connectivity index (χ0n) is 17.9. The van der Waals surface area contributed by atoms with Crippen molar-refractivity contribution in [2.24, 2.45) is 0 Å². The molecule has 2 aliphatic rings. The minimum Gasteiger partial charge on any atom is -0.494 e. The van der Waals surface area contributed by atoms with Crippen LogP contribution in [0.1, 0.15) is 72.1 Å². The molecule has 1 aliphatic carbocycles. The molecular formula is C25H29NO4. The van der Waals surface area contributed by atoms with E-state index in [-0.39, 0.29) is 30.3 Å². The molecule has 2 aromatic carbocycles. The summed E-state index contributed by atoms with van der Waals surface area (Å²) in [6.07, 6.45) is 2.42. The molecule has 1 saturated heterocycles. The van der Waals surface area contributed by atoms with Gasteiger partial charge >= 0.3 is 0 Å². The predicted molar refractivity (Wildman–Crippen MR) is 115 cm³/mol. The lowest BCUT2D eigenvalue weighted by Gasteiger charge is -2.25. The molecule has 30 heavy (non-hydrogen) atoms. The molecule has 158 valence electrons. The van der Waals surface area contributed by atoms with Crippen LogP contribution in [0.15, 0.2) is 36.4 Å². The van der Waals surface area contributed by atoms with E-state index in [9.17, 15) is 9.59 Å². The average molecular weight is 408 g/mol. The van der Waals surface area contributed by atoms with E-state index in [0.717, 1.165) is 41.8 Å². The molecule has 0 radical (unpaired) electrons. The third kappa shape index (κ3) is 3.81. The summed E-state index contributed by atoms with van der Waals surface area (Å²) in [6.45, 7) is 7.36. The van der Waals surface area contributed by atoms with Gasteiger partial charge < -0.3 is 14.4 Å². The molecular weight excluding hydrogens is 378 g/mol. The van der Waals surface area contributed by atoms with E-state index in [0.29, 0.717) is 24.3 Å². The molecule has 0 aromatic heterocycles. The number of rotatable bonds is 6. The summed E-state index contributed by atoms with van der Waals surface area (Å²) < 4.78 is 11.4. The summed E-state index contributed by atoms with van der Waals surface area (Å²) in [4.78, 5) is 27.3. The number of hydrogen-bond acceptors (Lipinski definition) is 4. The molecule has 0 saturated carbocycles. The summed E-state index contributed by atoms with van der Waals surface area (Å²) in [5.41, 5.74) is 3.96. The van der Waals surface area contributed by atoms with Crippen molar-refractivity contribution in [1.29, 1.82) is 0 Å². The van der Waals surface area contributed by atoms with Crippen LogP contribution in [0.3, 0.4) is 0 Å². The first-order valence-electron chi connectivity index (χ1n) is 10.8. The molecule has 1 fully saturated rings. The molecule has 2 atom stereocenters. The number of amides is 1. The Morgan fingerprint density at radius 3 is 2.63 bits per heavy atom. The van der Waals surface area contributed by atoms with Crippen molar-refractivity contribution in [2.45, 2.75) is 52.0 Å². The lowest BCUT2D eigenvalue weighted by Crippen LogP contribution is -2.34. The number of carbonyl (C=O) groups excluding carboxylic acids is 2. The Bertz CT molecular complexity index is 950. The Morgan fingerprint density at radius 2 is 1.90 bits per heavy atom. The van der Waals surface area contributed by atoms with E-state index in [4.69, 9.17) is 9.47 Å². The Hall–Kier alpha value is -2.82. The fraction of sp³-hybridized carbons (Fsp3) is 0.440. The highest BCUT2D eigenvalue weighted by Gasteiger charge is 2.33. The summed E-state index contributed by atoms with van der Waals surface area (Å²) >= 11 is 0. The zero-order valence-corrected chi connectivity index (χ0v) is 17.9. The molecule has 0 unspecified atom stereocenters. The van der Waals surface area contributed by atoms with Crippen LogP contribution >= 0.6 is 0 Å². The third-order valence-corrected chi connectivity index (χ3v) is 6.19. The van der Waals surface area contributed by atoms with Crippen LogP contribution in [0.2, 0.25) is 0 Å². The van der Waals surface area contributed by atoms with Gasteiger partial charge in [0.25, 0.3) is 5.91 Å². The minimum absolute atomic E-state index is 0.0424. The average Bonchev–Trinajstić information content (AvgIpc) is 3.33. The van der Waals surface area contributed by atoms with Crippen LogP contribution < -0.4 is 9.47 Å². The molecule has 2 aromatic rings. The number of ketones is 1. The van der Waals surface area contributed by atoms with Crippen LogP contribution in [0.5, 0.6) is 11.5 Å². The molecule has 0 spiro atoms.